The number of ether oxygens (including phenoxy) is 2. The van der Waals surface area contributed by atoms with Crippen LogP contribution in [0.4, 0.5) is 4.39 Å². The summed E-state index contributed by atoms with van der Waals surface area (Å²) in [6.07, 6.45) is 0. The number of rotatable bonds is 11. The Morgan fingerprint density at radius 3 is 2.46 bits per heavy atom. The number of nitrogens with one attached hydrogen (secondary N) is 2. The van der Waals surface area contributed by atoms with Crippen LogP contribution in [0.1, 0.15) is 11.1 Å². The van der Waals surface area contributed by atoms with Crippen molar-refractivity contribution < 1.29 is 19.0 Å². The number of aliphatic hydroxyl groups is 1. The third-order valence-electron chi connectivity index (χ3n) is 3.68. The zero-order valence-electron chi connectivity index (χ0n) is 14.7. The lowest BCUT2D eigenvalue weighted by Gasteiger charge is -2.15. The van der Waals surface area contributed by atoms with Crippen LogP contribution in [0.2, 0.25) is 5.02 Å². The number of hydrogen-bond acceptors (Lipinski definition) is 5. The highest BCUT2D eigenvalue weighted by Crippen LogP contribution is 2.37. The van der Waals surface area contributed by atoms with E-state index in [4.69, 9.17) is 26.2 Å². The maximum absolute atomic E-state index is 13.0. The fourth-order valence-corrected chi connectivity index (χ4v) is 2.65. The molecule has 0 unspecified atom stereocenters. The highest BCUT2D eigenvalue weighted by atomic mass is 35.5. The molecule has 0 aliphatic carbocycles. The molecular formula is C19H24ClFN2O3. The average Bonchev–Trinajstić information content (AvgIpc) is 2.64. The predicted molar refractivity (Wildman–Crippen MR) is 100 cm³/mol. The van der Waals surface area contributed by atoms with E-state index in [9.17, 15) is 4.39 Å². The van der Waals surface area contributed by atoms with Crippen molar-refractivity contribution in [3.63, 3.8) is 0 Å². The Kier molecular flexibility index (Phi) is 8.64. The number of hydrogen-bond donors (Lipinski definition) is 3. The monoisotopic (exact) mass is 382 g/mol. The number of aliphatic hydroxyl groups excluding tert-OH is 1. The first-order chi connectivity index (χ1) is 12.6. The predicted octanol–water partition coefficient (Wildman–Crippen LogP) is 2.74. The molecule has 0 fully saturated rings. The van der Waals surface area contributed by atoms with Crippen molar-refractivity contribution in [2.45, 2.75) is 13.2 Å². The fraction of sp³-hybridized carbons (Fsp3) is 0.368. The van der Waals surface area contributed by atoms with Crippen molar-refractivity contribution in [3.05, 3.63) is 58.4 Å². The Balaban J connectivity index is 1.94. The maximum Gasteiger partial charge on any atom is 0.180 e. The summed E-state index contributed by atoms with van der Waals surface area (Å²) in [5.41, 5.74) is 1.81. The van der Waals surface area contributed by atoms with Gasteiger partial charge in [-0.1, -0.05) is 23.7 Å². The molecule has 0 aliphatic heterocycles. The fourth-order valence-electron chi connectivity index (χ4n) is 2.37. The molecule has 3 N–H and O–H groups in total. The molecule has 0 saturated heterocycles. The standard InChI is InChI=1S/C19H24ClFN2O3/c1-25-18-11-15(12-23-7-6-22-8-9-24)10-17(20)19(18)26-13-14-2-4-16(21)5-3-14/h2-5,10-11,22-24H,6-9,12-13H2,1H3. The Morgan fingerprint density at radius 2 is 1.77 bits per heavy atom. The molecule has 0 spiro atoms. The van der Waals surface area contributed by atoms with Gasteiger partial charge in [0, 0.05) is 26.2 Å². The van der Waals surface area contributed by atoms with Crippen LogP contribution in [0, 0.1) is 5.82 Å². The van der Waals surface area contributed by atoms with E-state index >= 15 is 0 Å². The highest BCUT2D eigenvalue weighted by Gasteiger charge is 2.12. The number of halogens is 2. The quantitative estimate of drug-likeness (QED) is 0.522. The Labute approximate surface area is 158 Å². The third-order valence-corrected chi connectivity index (χ3v) is 3.96. The molecule has 2 aromatic carbocycles. The van der Waals surface area contributed by atoms with E-state index in [0.717, 1.165) is 24.2 Å². The first-order valence-corrected chi connectivity index (χ1v) is 8.77. The minimum Gasteiger partial charge on any atom is -0.493 e. The smallest absolute Gasteiger partial charge is 0.180 e. The maximum atomic E-state index is 13.0. The number of benzene rings is 2. The highest BCUT2D eigenvalue weighted by molar-refractivity contribution is 6.32. The van der Waals surface area contributed by atoms with Crippen molar-refractivity contribution in [1.82, 2.24) is 10.6 Å². The molecule has 2 aromatic rings. The first-order valence-electron chi connectivity index (χ1n) is 8.40. The molecule has 2 rings (SSSR count). The second-order valence-corrected chi connectivity index (χ2v) is 6.08. The normalized spacial score (nSPS) is 10.8. The molecule has 0 aromatic heterocycles. The van der Waals surface area contributed by atoms with Crippen molar-refractivity contribution in [1.29, 1.82) is 0 Å². The molecule has 5 nitrogen and oxygen atoms in total. The zero-order chi connectivity index (χ0) is 18.8. The van der Waals surface area contributed by atoms with Gasteiger partial charge in [-0.2, -0.15) is 0 Å². The lowest BCUT2D eigenvalue weighted by Crippen LogP contribution is -2.28. The van der Waals surface area contributed by atoms with Crippen LogP contribution < -0.4 is 20.1 Å². The van der Waals surface area contributed by atoms with Gasteiger partial charge in [-0.25, -0.2) is 4.39 Å². The summed E-state index contributed by atoms with van der Waals surface area (Å²) < 4.78 is 24.1. The van der Waals surface area contributed by atoms with Crippen molar-refractivity contribution in [2.24, 2.45) is 0 Å². The van der Waals surface area contributed by atoms with E-state index in [1.807, 2.05) is 12.1 Å². The second kappa shape index (κ2) is 11.0. The molecule has 0 radical (unpaired) electrons. The van der Waals surface area contributed by atoms with E-state index in [2.05, 4.69) is 10.6 Å². The van der Waals surface area contributed by atoms with Crippen LogP contribution in [0.15, 0.2) is 36.4 Å². The van der Waals surface area contributed by atoms with Crippen molar-refractivity contribution in [2.75, 3.05) is 33.4 Å². The zero-order valence-corrected chi connectivity index (χ0v) is 15.5. The summed E-state index contributed by atoms with van der Waals surface area (Å²) in [6.45, 7) is 3.15. The van der Waals surface area contributed by atoms with E-state index in [1.165, 1.54) is 12.1 Å². The van der Waals surface area contributed by atoms with Crippen LogP contribution in [-0.2, 0) is 13.2 Å². The van der Waals surface area contributed by atoms with Gasteiger partial charge in [0.1, 0.15) is 12.4 Å². The Bertz CT molecular complexity index is 683. The first kappa shape index (κ1) is 20.5. The molecule has 26 heavy (non-hydrogen) atoms. The van der Waals surface area contributed by atoms with Crippen molar-refractivity contribution >= 4 is 11.6 Å². The van der Waals surface area contributed by atoms with Gasteiger partial charge in [0.2, 0.25) is 0 Å². The Morgan fingerprint density at radius 1 is 1.04 bits per heavy atom. The van der Waals surface area contributed by atoms with Crippen molar-refractivity contribution in [3.8, 4) is 11.5 Å². The van der Waals surface area contributed by atoms with E-state index in [0.29, 0.717) is 29.6 Å². The molecule has 0 bridgehead atoms. The second-order valence-electron chi connectivity index (χ2n) is 5.67. The summed E-state index contributed by atoms with van der Waals surface area (Å²) in [5.74, 6) is 0.731. The van der Waals surface area contributed by atoms with Gasteiger partial charge < -0.3 is 25.2 Å². The average molecular weight is 383 g/mol. The number of methoxy groups -OCH3 is 1. The SMILES string of the molecule is COc1cc(CNCCNCCO)cc(Cl)c1OCc1ccc(F)cc1. The molecular weight excluding hydrogens is 359 g/mol. The van der Waals surface area contributed by atoms with Crippen LogP contribution in [-0.4, -0.2) is 38.5 Å². The molecule has 7 heteroatoms. The summed E-state index contributed by atoms with van der Waals surface area (Å²) in [6, 6.07) is 9.82. The lowest BCUT2D eigenvalue weighted by molar-refractivity contribution is 0.284. The minimum absolute atomic E-state index is 0.131. The molecule has 0 aliphatic rings. The Hall–Kier alpha value is -1.86. The van der Waals surface area contributed by atoms with Crippen LogP contribution >= 0.6 is 11.6 Å². The minimum atomic E-state index is -0.284. The van der Waals surface area contributed by atoms with Gasteiger partial charge in [0.05, 0.1) is 18.7 Å². The summed E-state index contributed by atoms with van der Waals surface area (Å²) in [5, 5.41) is 15.5. The van der Waals surface area contributed by atoms with Gasteiger partial charge in [0.25, 0.3) is 0 Å². The molecule has 142 valence electrons. The van der Waals surface area contributed by atoms with Gasteiger partial charge in [-0.15, -0.1) is 0 Å². The van der Waals surface area contributed by atoms with Crippen LogP contribution in [0.3, 0.4) is 0 Å². The lowest BCUT2D eigenvalue weighted by atomic mass is 10.2. The summed E-state index contributed by atoms with van der Waals surface area (Å²) >= 11 is 6.35. The van der Waals surface area contributed by atoms with Gasteiger partial charge in [-0.3, -0.25) is 0 Å². The largest absolute Gasteiger partial charge is 0.493 e. The third kappa shape index (κ3) is 6.46. The van der Waals surface area contributed by atoms with Crippen LogP contribution in [0.5, 0.6) is 11.5 Å². The molecule has 0 saturated carbocycles. The summed E-state index contributed by atoms with van der Waals surface area (Å²) in [7, 11) is 1.56. The van der Waals surface area contributed by atoms with E-state index in [1.54, 1.807) is 19.2 Å². The van der Waals surface area contributed by atoms with Gasteiger partial charge in [0.15, 0.2) is 11.5 Å². The molecule has 0 amide bonds. The van der Waals surface area contributed by atoms with Gasteiger partial charge >= 0.3 is 0 Å². The van der Waals surface area contributed by atoms with E-state index in [-0.39, 0.29) is 19.0 Å². The van der Waals surface area contributed by atoms with E-state index < -0.39 is 0 Å². The van der Waals surface area contributed by atoms with Gasteiger partial charge in [-0.05, 0) is 35.4 Å². The molecule has 0 atom stereocenters. The topological polar surface area (TPSA) is 62.8 Å². The van der Waals surface area contributed by atoms with Crippen LogP contribution in [0.25, 0.3) is 0 Å². The molecule has 0 heterocycles. The summed E-state index contributed by atoms with van der Waals surface area (Å²) in [4.78, 5) is 0.